The fourth-order valence-corrected chi connectivity index (χ4v) is 3.17. The fourth-order valence-electron chi connectivity index (χ4n) is 3.17. The first-order valence-electron chi connectivity index (χ1n) is 8.49. The highest BCUT2D eigenvalue weighted by molar-refractivity contribution is 5.92. The molecule has 1 fully saturated rings. The predicted octanol–water partition coefficient (Wildman–Crippen LogP) is 2.14. The fraction of sp³-hybridized carbons (Fsp3) is 0.316. The van der Waals surface area contributed by atoms with Gasteiger partial charge in [-0.15, -0.1) is 0 Å². The Labute approximate surface area is 147 Å². The van der Waals surface area contributed by atoms with Crippen molar-refractivity contribution in [1.82, 2.24) is 14.5 Å². The molecule has 6 nitrogen and oxygen atoms in total. The van der Waals surface area contributed by atoms with Gasteiger partial charge in [-0.05, 0) is 43.0 Å². The van der Waals surface area contributed by atoms with Gasteiger partial charge in [-0.25, -0.2) is 4.98 Å². The van der Waals surface area contributed by atoms with Crippen molar-refractivity contribution >= 4 is 17.9 Å². The first kappa shape index (κ1) is 17.0. The molecule has 0 radical (unpaired) electrons. The summed E-state index contributed by atoms with van der Waals surface area (Å²) in [6, 6.07) is 7.78. The summed E-state index contributed by atoms with van der Waals surface area (Å²) in [6.45, 7) is 0.681. The van der Waals surface area contributed by atoms with Crippen LogP contribution in [0.25, 0.3) is 11.8 Å². The zero-order valence-corrected chi connectivity index (χ0v) is 14.0. The second-order valence-electron chi connectivity index (χ2n) is 6.25. The van der Waals surface area contributed by atoms with E-state index in [0.29, 0.717) is 6.54 Å². The maximum Gasteiger partial charge on any atom is 0.246 e. The highest BCUT2D eigenvalue weighted by Crippen LogP contribution is 2.20. The van der Waals surface area contributed by atoms with Gasteiger partial charge >= 0.3 is 0 Å². The number of aromatic nitrogens is 2. The third-order valence-electron chi connectivity index (χ3n) is 4.46. The molecule has 1 aliphatic rings. The molecule has 1 aromatic carbocycles. The van der Waals surface area contributed by atoms with Gasteiger partial charge in [0.1, 0.15) is 0 Å². The molecule has 25 heavy (non-hydrogen) atoms. The molecule has 0 spiro atoms. The van der Waals surface area contributed by atoms with Crippen LogP contribution in [0, 0.1) is 0 Å². The van der Waals surface area contributed by atoms with E-state index < -0.39 is 0 Å². The van der Waals surface area contributed by atoms with E-state index in [1.807, 2.05) is 35.0 Å². The van der Waals surface area contributed by atoms with Crippen molar-refractivity contribution in [2.75, 3.05) is 6.54 Å². The number of carbonyl (C=O) groups is 2. The minimum Gasteiger partial charge on any atom is -0.370 e. The van der Waals surface area contributed by atoms with Gasteiger partial charge in [0.2, 0.25) is 11.8 Å². The minimum atomic E-state index is -0.358. The first-order chi connectivity index (χ1) is 12.1. The van der Waals surface area contributed by atoms with Gasteiger partial charge in [-0.3, -0.25) is 9.59 Å². The van der Waals surface area contributed by atoms with Crippen LogP contribution in [0.1, 0.15) is 31.2 Å². The number of nitrogens with two attached hydrogens (primary N) is 1. The Kier molecular flexibility index (Phi) is 5.28. The zero-order valence-electron chi connectivity index (χ0n) is 14.0. The lowest BCUT2D eigenvalue weighted by Crippen LogP contribution is -2.44. The Morgan fingerprint density at radius 2 is 2.04 bits per heavy atom. The van der Waals surface area contributed by atoms with Gasteiger partial charge in [0.05, 0.1) is 6.33 Å². The second-order valence-corrected chi connectivity index (χ2v) is 6.25. The number of primary amides is 1. The number of hydrogen-bond donors (Lipinski definition) is 1. The van der Waals surface area contributed by atoms with Gasteiger partial charge in [0, 0.05) is 43.2 Å². The number of piperidine rings is 1. The number of carbonyl (C=O) groups excluding carboxylic acids is 2. The van der Waals surface area contributed by atoms with E-state index in [0.717, 1.165) is 30.5 Å². The van der Waals surface area contributed by atoms with Crippen molar-refractivity contribution in [3.8, 4) is 5.69 Å². The molecular weight excluding hydrogens is 316 g/mol. The van der Waals surface area contributed by atoms with Crippen LogP contribution in [0.15, 0.2) is 49.1 Å². The molecule has 1 aromatic heterocycles. The van der Waals surface area contributed by atoms with Crippen LogP contribution >= 0.6 is 0 Å². The van der Waals surface area contributed by atoms with Crippen molar-refractivity contribution in [3.05, 3.63) is 54.6 Å². The van der Waals surface area contributed by atoms with Gasteiger partial charge in [-0.2, -0.15) is 0 Å². The summed E-state index contributed by atoms with van der Waals surface area (Å²) in [7, 11) is 0. The average Bonchev–Trinajstić information content (AvgIpc) is 3.15. The van der Waals surface area contributed by atoms with E-state index in [4.69, 9.17) is 5.73 Å². The second kappa shape index (κ2) is 7.79. The molecule has 0 saturated carbocycles. The normalized spacial score (nSPS) is 17.8. The summed E-state index contributed by atoms with van der Waals surface area (Å²) >= 11 is 0. The number of amides is 2. The number of rotatable bonds is 5. The molecule has 2 heterocycles. The monoisotopic (exact) mass is 338 g/mol. The van der Waals surface area contributed by atoms with Crippen LogP contribution < -0.4 is 5.73 Å². The molecule has 1 saturated heterocycles. The molecular formula is C19H22N4O2. The van der Waals surface area contributed by atoms with E-state index in [-0.39, 0.29) is 24.3 Å². The summed E-state index contributed by atoms with van der Waals surface area (Å²) < 4.78 is 1.92. The van der Waals surface area contributed by atoms with Crippen molar-refractivity contribution in [2.24, 2.45) is 5.73 Å². The van der Waals surface area contributed by atoms with Crippen molar-refractivity contribution in [1.29, 1.82) is 0 Å². The quantitative estimate of drug-likeness (QED) is 0.848. The molecule has 1 atom stereocenters. The van der Waals surface area contributed by atoms with Crippen molar-refractivity contribution in [2.45, 2.75) is 31.7 Å². The number of benzene rings is 1. The lowest BCUT2D eigenvalue weighted by molar-refractivity contribution is -0.130. The van der Waals surface area contributed by atoms with E-state index in [1.165, 1.54) is 0 Å². The smallest absolute Gasteiger partial charge is 0.246 e. The van der Waals surface area contributed by atoms with Crippen LogP contribution in [0.5, 0.6) is 0 Å². The van der Waals surface area contributed by atoms with Crippen LogP contribution in [0.2, 0.25) is 0 Å². The van der Waals surface area contributed by atoms with Crippen molar-refractivity contribution in [3.63, 3.8) is 0 Å². The molecule has 6 heteroatoms. The Morgan fingerprint density at radius 1 is 1.24 bits per heavy atom. The molecule has 2 N–H and O–H groups in total. The summed E-state index contributed by atoms with van der Waals surface area (Å²) in [5.41, 5.74) is 7.26. The van der Waals surface area contributed by atoms with Gasteiger partial charge in [0.25, 0.3) is 0 Å². The van der Waals surface area contributed by atoms with E-state index >= 15 is 0 Å². The Hall–Kier alpha value is -2.89. The third-order valence-corrected chi connectivity index (χ3v) is 4.46. The van der Waals surface area contributed by atoms with Gasteiger partial charge in [0.15, 0.2) is 0 Å². The zero-order chi connectivity index (χ0) is 17.6. The summed E-state index contributed by atoms with van der Waals surface area (Å²) in [6.07, 6.45) is 11.8. The standard InChI is InChI=1S/C19H22N4O2/c20-18(24)13-17-3-1-2-11-23(17)19(25)9-6-15-4-7-16(8-5-15)22-12-10-21-14-22/h4-10,12,14,17H,1-3,11,13H2,(H2,20,24)/b9-6-/t17-/m1/s1. The van der Waals surface area contributed by atoms with E-state index in [1.54, 1.807) is 29.6 Å². The maximum absolute atomic E-state index is 12.5. The molecule has 0 bridgehead atoms. The largest absolute Gasteiger partial charge is 0.370 e. The van der Waals surface area contributed by atoms with E-state index in [9.17, 15) is 9.59 Å². The summed E-state index contributed by atoms with van der Waals surface area (Å²) in [4.78, 5) is 29.5. The number of nitrogens with zero attached hydrogens (tertiary/aromatic N) is 3. The van der Waals surface area contributed by atoms with Crippen LogP contribution in [-0.4, -0.2) is 38.9 Å². The van der Waals surface area contributed by atoms with Crippen LogP contribution in [0.3, 0.4) is 0 Å². The molecule has 0 unspecified atom stereocenters. The number of hydrogen-bond acceptors (Lipinski definition) is 3. The van der Waals surface area contributed by atoms with Crippen LogP contribution in [-0.2, 0) is 9.59 Å². The van der Waals surface area contributed by atoms with E-state index in [2.05, 4.69) is 4.98 Å². The maximum atomic E-state index is 12.5. The Morgan fingerprint density at radius 3 is 2.72 bits per heavy atom. The van der Waals surface area contributed by atoms with Crippen LogP contribution in [0.4, 0.5) is 0 Å². The molecule has 1 aliphatic heterocycles. The highest BCUT2D eigenvalue weighted by Gasteiger charge is 2.26. The lowest BCUT2D eigenvalue weighted by Gasteiger charge is -2.34. The van der Waals surface area contributed by atoms with Crippen molar-refractivity contribution < 1.29 is 9.59 Å². The number of likely N-dealkylation sites (tertiary alicyclic amines) is 1. The third kappa shape index (κ3) is 4.35. The number of imidazole rings is 1. The molecule has 0 aliphatic carbocycles. The highest BCUT2D eigenvalue weighted by atomic mass is 16.2. The summed E-state index contributed by atoms with van der Waals surface area (Å²) in [5.74, 6) is -0.423. The summed E-state index contributed by atoms with van der Waals surface area (Å²) in [5, 5.41) is 0. The average molecular weight is 338 g/mol. The first-order valence-corrected chi connectivity index (χ1v) is 8.49. The Bertz CT molecular complexity index is 750. The predicted molar refractivity (Wildman–Crippen MR) is 95.8 cm³/mol. The van der Waals surface area contributed by atoms with Gasteiger partial charge in [-0.1, -0.05) is 12.1 Å². The van der Waals surface area contributed by atoms with Gasteiger partial charge < -0.3 is 15.2 Å². The Balaban J connectivity index is 1.66. The molecule has 2 amide bonds. The minimum absolute atomic E-state index is 0.0652. The lowest BCUT2D eigenvalue weighted by atomic mass is 9.99. The molecule has 130 valence electrons. The molecule has 3 rings (SSSR count). The SMILES string of the molecule is NC(=O)C[C@H]1CCCCN1C(=O)/C=C\c1ccc(-n2ccnc2)cc1. The molecule has 2 aromatic rings. The topological polar surface area (TPSA) is 81.2 Å².